The van der Waals surface area contributed by atoms with Gasteiger partial charge in [-0.1, -0.05) is 42.5 Å². The van der Waals surface area contributed by atoms with Crippen LogP contribution in [0.5, 0.6) is 0 Å². The fourth-order valence-corrected chi connectivity index (χ4v) is 2.54. The first kappa shape index (κ1) is 12.4. The molecule has 1 aliphatic rings. The number of rotatable bonds is 2. The molecule has 0 spiro atoms. The highest BCUT2D eigenvalue weighted by molar-refractivity contribution is 14.1. The van der Waals surface area contributed by atoms with E-state index in [2.05, 4.69) is 22.6 Å². The van der Waals surface area contributed by atoms with Crippen LogP contribution in [0.1, 0.15) is 11.1 Å². The van der Waals surface area contributed by atoms with Gasteiger partial charge in [0.15, 0.2) is 0 Å². The van der Waals surface area contributed by atoms with Crippen LogP contribution in [0, 0.1) is 3.57 Å². The molecule has 2 aromatic carbocycles. The van der Waals surface area contributed by atoms with Gasteiger partial charge < -0.3 is 4.74 Å². The normalized spacial score (nSPS) is 14.7. The molecule has 0 aromatic heterocycles. The van der Waals surface area contributed by atoms with Crippen molar-refractivity contribution >= 4 is 39.7 Å². The molecule has 3 rings (SSSR count). The van der Waals surface area contributed by atoms with Crippen LogP contribution >= 0.6 is 22.6 Å². The zero-order valence-corrected chi connectivity index (χ0v) is 12.3. The number of carbonyl (C=O) groups excluding carboxylic acids is 1. The van der Waals surface area contributed by atoms with Crippen molar-refractivity contribution in [3.05, 3.63) is 69.3 Å². The Labute approximate surface area is 125 Å². The van der Waals surface area contributed by atoms with E-state index in [4.69, 9.17) is 4.74 Å². The lowest BCUT2D eigenvalue weighted by atomic mass is 9.97. The smallest absolute Gasteiger partial charge is 0.339 e. The van der Waals surface area contributed by atoms with E-state index in [9.17, 15) is 4.79 Å². The van der Waals surface area contributed by atoms with Crippen LogP contribution < -0.4 is 0 Å². The van der Waals surface area contributed by atoms with Crippen LogP contribution in [0.4, 0.5) is 0 Å². The monoisotopic (exact) mass is 362 g/mol. The van der Waals surface area contributed by atoms with Gasteiger partial charge in [-0.15, -0.1) is 0 Å². The highest BCUT2D eigenvalue weighted by atomic mass is 127. The van der Waals surface area contributed by atoms with Gasteiger partial charge in [0.2, 0.25) is 0 Å². The molecule has 3 heteroatoms. The summed E-state index contributed by atoms with van der Waals surface area (Å²) in [4.78, 5) is 11.9. The van der Waals surface area contributed by atoms with Crippen LogP contribution in [0.25, 0.3) is 11.1 Å². The molecule has 1 heterocycles. The summed E-state index contributed by atoms with van der Waals surface area (Å²) in [6, 6.07) is 17.8. The van der Waals surface area contributed by atoms with Crippen molar-refractivity contribution in [1.82, 2.24) is 0 Å². The molecule has 94 valence electrons. The molecule has 1 aliphatic heterocycles. The first-order valence-corrected chi connectivity index (χ1v) is 7.05. The van der Waals surface area contributed by atoms with Crippen molar-refractivity contribution < 1.29 is 9.53 Å². The van der Waals surface area contributed by atoms with E-state index in [1.807, 2.05) is 54.6 Å². The Balaban J connectivity index is 2.13. The molecule has 0 atom stereocenters. The SMILES string of the molecule is O=C1OCC(c2ccc(I)cc2)=C1c1ccccc1. The molecule has 19 heavy (non-hydrogen) atoms. The van der Waals surface area contributed by atoms with Crippen molar-refractivity contribution in [3.63, 3.8) is 0 Å². The number of esters is 1. The maximum Gasteiger partial charge on any atom is 0.339 e. The lowest BCUT2D eigenvalue weighted by molar-refractivity contribution is -0.133. The summed E-state index contributed by atoms with van der Waals surface area (Å²) in [7, 11) is 0. The van der Waals surface area contributed by atoms with E-state index in [0.717, 1.165) is 16.7 Å². The molecular formula is C16H11IO2. The number of ether oxygens (including phenoxy) is 1. The molecule has 0 radical (unpaired) electrons. The second kappa shape index (κ2) is 5.17. The third kappa shape index (κ3) is 2.42. The Morgan fingerprint density at radius 2 is 1.58 bits per heavy atom. The lowest BCUT2D eigenvalue weighted by Crippen LogP contribution is -1.98. The average molecular weight is 362 g/mol. The molecule has 0 fully saturated rings. The number of carbonyl (C=O) groups is 1. The molecule has 0 saturated carbocycles. The summed E-state index contributed by atoms with van der Waals surface area (Å²) in [5.74, 6) is -0.236. The first-order chi connectivity index (χ1) is 9.25. The van der Waals surface area contributed by atoms with Crippen molar-refractivity contribution in [2.75, 3.05) is 6.61 Å². The van der Waals surface area contributed by atoms with Gasteiger partial charge >= 0.3 is 5.97 Å². The predicted octanol–water partition coefficient (Wildman–Crippen LogP) is 3.76. The van der Waals surface area contributed by atoms with Gasteiger partial charge in [-0.05, 0) is 45.9 Å². The van der Waals surface area contributed by atoms with Gasteiger partial charge in [0.1, 0.15) is 6.61 Å². The standard InChI is InChI=1S/C16H11IO2/c17-13-8-6-11(7-9-13)14-10-19-16(18)15(14)12-4-2-1-3-5-12/h1-9H,10H2. The summed E-state index contributed by atoms with van der Waals surface area (Å²) in [6.45, 7) is 0.351. The van der Waals surface area contributed by atoms with Crippen molar-refractivity contribution in [2.45, 2.75) is 0 Å². The number of halogens is 1. The zero-order valence-electron chi connectivity index (χ0n) is 10.1. The van der Waals surface area contributed by atoms with E-state index in [0.29, 0.717) is 12.2 Å². The third-order valence-corrected chi connectivity index (χ3v) is 3.83. The fraction of sp³-hybridized carbons (Fsp3) is 0.0625. The van der Waals surface area contributed by atoms with Gasteiger partial charge in [-0.3, -0.25) is 0 Å². The van der Waals surface area contributed by atoms with E-state index in [1.165, 1.54) is 3.57 Å². The third-order valence-electron chi connectivity index (χ3n) is 3.11. The number of hydrogen-bond acceptors (Lipinski definition) is 2. The van der Waals surface area contributed by atoms with Crippen LogP contribution in [-0.4, -0.2) is 12.6 Å². The zero-order chi connectivity index (χ0) is 13.2. The lowest BCUT2D eigenvalue weighted by Gasteiger charge is -2.04. The van der Waals surface area contributed by atoms with Gasteiger partial charge in [0, 0.05) is 9.14 Å². The minimum atomic E-state index is -0.236. The Morgan fingerprint density at radius 1 is 0.895 bits per heavy atom. The highest BCUT2D eigenvalue weighted by Crippen LogP contribution is 2.32. The molecule has 0 N–H and O–H groups in total. The van der Waals surface area contributed by atoms with Crippen LogP contribution in [-0.2, 0) is 9.53 Å². The minimum Gasteiger partial charge on any atom is -0.457 e. The Morgan fingerprint density at radius 3 is 2.26 bits per heavy atom. The minimum absolute atomic E-state index is 0.236. The van der Waals surface area contributed by atoms with Gasteiger partial charge in [0.05, 0.1) is 5.57 Å². The average Bonchev–Trinajstić information content (AvgIpc) is 2.82. The van der Waals surface area contributed by atoms with Crippen molar-refractivity contribution in [3.8, 4) is 0 Å². The number of cyclic esters (lactones) is 1. The predicted molar refractivity (Wildman–Crippen MR) is 83.4 cm³/mol. The largest absolute Gasteiger partial charge is 0.457 e. The van der Waals surface area contributed by atoms with Crippen LogP contribution in [0.15, 0.2) is 54.6 Å². The van der Waals surface area contributed by atoms with Crippen molar-refractivity contribution in [1.29, 1.82) is 0 Å². The van der Waals surface area contributed by atoms with E-state index >= 15 is 0 Å². The second-order valence-corrected chi connectivity index (χ2v) is 5.55. The summed E-state index contributed by atoms with van der Waals surface area (Å²) in [5, 5.41) is 0. The van der Waals surface area contributed by atoms with E-state index in [-0.39, 0.29) is 5.97 Å². The molecule has 0 aliphatic carbocycles. The first-order valence-electron chi connectivity index (χ1n) is 5.97. The summed E-state index contributed by atoms with van der Waals surface area (Å²) in [6.07, 6.45) is 0. The molecule has 0 bridgehead atoms. The maximum absolute atomic E-state index is 11.9. The summed E-state index contributed by atoms with van der Waals surface area (Å²) in [5.41, 5.74) is 3.61. The summed E-state index contributed by atoms with van der Waals surface area (Å²) >= 11 is 2.27. The van der Waals surface area contributed by atoms with E-state index in [1.54, 1.807) is 0 Å². The van der Waals surface area contributed by atoms with Gasteiger partial charge in [-0.25, -0.2) is 4.79 Å². The quantitative estimate of drug-likeness (QED) is 0.601. The Hall–Kier alpha value is -1.62. The molecular weight excluding hydrogens is 351 g/mol. The second-order valence-electron chi connectivity index (χ2n) is 4.30. The molecule has 0 unspecified atom stereocenters. The maximum atomic E-state index is 11.9. The topological polar surface area (TPSA) is 26.3 Å². The fourth-order valence-electron chi connectivity index (χ4n) is 2.18. The molecule has 0 saturated heterocycles. The molecule has 2 nitrogen and oxygen atoms in total. The van der Waals surface area contributed by atoms with Gasteiger partial charge in [-0.2, -0.15) is 0 Å². The number of hydrogen-bond donors (Lipinski definition) is 0. The number of benzene rings is 2. The Bertz CT molecular complexity index is 642. The van der Waals surface area contributed by atoms with Crippen LogP contribution in [0.3, 0.4) is 0 Å². The highest BCUT2D eigenvalue weighted by Gasteiger charge is 2.26. The van der Waals surface area contributed by atoms with Gasteiger partial charge in [0.25, 0.3) is 0 Å². The van der Waals surface area contributed by atoms with Crippen molar-refractivity contribution in [2.24, 2.45) is 0 Å². The van der Waals surface area contributed by atoms with E-state index < -0.39 is 0 Å². The summed E-state index contributed by atoms with van der Waals surface area (Å²) < 4.78 is 6.38. The molecule has 0 amide bonds. The molecule has 2 aromatic rings. The Kier molecular flexibility index (Phi) is 3.38. The van der Waals surface area contributed by atoms with Crippen LogP contribution in [0.2, 0.25) is 0 Å².